The molecule has 132 valence electrons. The van der Waals surface area contributed by atoms with Crippen LogP contribution in [0.2, 0.25) is 0 Å². The molecular weight excluding hydrogens is 310 g/mol. The molecule has 0 radical (unpaired) electrons. The summed E-state index contributed by atoms with van der Waals surface area (Å²) in [6.45, 7) is 8.21. The van der Waals surface area contributed by atoms with Crippen molar-refractivity contribution in [3.8, 4) is 11.5 Å². The first-order valence-corrected chi connectivity index (χ1v) is 9.34. The molecule has 0 atom stereocenters. The highest BCUT2D eigenvalue weighted by atomic mass is 16.7. The number of nitrogens with zero attached hydrogens (tertiary/aromatic N) is 1. The van der Waals surface area contributed by atoms with Crippen LogP contribution in [0, 0.1) is 19.8 Å². The quantitative estimate of drug-likeness (QED) is 0.821. The number of ether oxygens (including phenoxy) is 2. The van der Waals surface area contributed by atoms with Crippen LogP contribution >= 0.6 is 0 Å². The minimum atomic E-state index is 0.357. The molecule has 3 nitrogen and oxygen atoms in total. The van der Waals surface area contributed by atoms with Gasteiger partial charge in [-0.2, -0.15) is 0 Å². The van der Waals surface area contributed by atoms with Gasteiger partial charge in [0.1, 0.15) is 0 Å². The molecule has 4 rings (SSSR count). The minimum Gasteiger partial charge on any atom is -0.454 e. The average Bonchev–Trinajstić information content (AvgIpc) is 3.03. The third-order valence-electron chi connectivity index (χ3n) is 5.36. The van der Waals surface area contributed by atoms with E-state index in [9.17, 15) is 0 Å². The molecule has 2 aromatic carbocycles. The Morgan fingerprint density at radius 1 is 0.880 bits per heavy atom. The van der Waals surface area contributed by atoms with E-state index < -0.39 is 0 Å². The standard InChI is InChI=1S/C22H27NO2/c1-16-9-17(2)11-20(10-16)14-23-7-5-18(6-8-23)12-19-3-4-21-22(13-19)25-15-24-21/h3-4,9-11,13,18H,5-8,12,14-15H2,1-2H3. The van der Waals surface area contributed by atoms with Gasteiger partial charge in [0, 0.05) is 6.54 Å². The Labute approximate surface area is 150 Å². The number of rotatable bonds is 4. The van der Waals surface area contributed by atoms with Crippen LogP contribution in [0.3, 0.4) is 0 Å². The predicted molar refractivity (Wildman–Crippen MR) is 100 cm³/mol. The van der Waals surface area contributed by atoms with Gasteiger partial charge in [-0.25, -0.2) is 0 Å². The van der Waals surface area contributed by atoms with E-state index in [-0.39, 0.29) is 0 Å². The summed E-state index contributed by atoms with van der Waals surface area (Å²) in [6.07, 6.45) is 3.70. The van der Waals surface area contributed by atoms with Crippen LogP contribution in [0.4, 0.5) is 0 Å². The molecule has 3 heteroatoms. The third-order valence-corrected chi connectivity index (χ3v) is 5.36. The van der Waals surface area contributed by atoms with Gasteiger partial charge < -0.3 is 9.47 Å². The van der Waals surface area contributed by atoms with Crippen molar-refractivity contribution < 1.29 is 9.47 Å². The zero-order chi connectivity index (χ0) is 17.2. The number of aryl methyl sites for hydroxylation is 2. The van der Waals surface area contributed by atoms with Crippen molar-refractivity contribution in [2.75, 3.05) is 19.9 Å². The molecule has 0 N–H and O–H groups in total. The van der Waals surface area contributed by atoms with Crippen LogP contribution < -0.4 is 9.47 Å². The van der Waals surface area contributed by atoms with Crippen molar-refractivity contribution in [1.29, 1.82) is 0 Å². The number of piperidine rings is 1. The molecule has 2 aromatic rings. The first-order valence-electron chi connectivity index (χ1n) is 9.34. The normalized spacial score (nSPS) is 17.8. The summed E-state index contributed by atoms with van der Waals surface area (Å²) in [6, 6.07) is 13.3. The highest BCUT2D eigenvalue weighted by Crippen LogP contribution is 2.34. The van der Waals surface area contributed by atoms with Gasteiger partial charge >= 0.3 is 0 Å². The van der Waals surface area contributed by atoms with Crippen LogP contribution in [-0.2, 0) is 13.0 Å². The Kier molecular flexibility index (Phi) is 4.67. The predicted octanol–water partition coefficient (Wildman–Crippen LogP) is 4.49. The lowest BCUT2D eigenvalue weighted by atomic mass is 9.90. The molecule has 0 aliphatic carbocycles. The van der Waals surface area contributed by atoms with Crippen LogP contribution in [0.25, 0.3) is 0 Å². The Morgan fingerprint density at radius 3 is 2.36 bits per heavy atom. The summed E-state index contributed by atoms with van der Waals surface area (Å²) in [4.78, 5) is 2.60. The van der Waals surface area contributed by atoms with Crippen molar-refractivity contribution in [3.05, 3.63) is 58.7 Å². The maximum Gasteiger partial charge on any atom is 0.231 e. The number of hydrogen-bond acceptors (Lipinski definition) is 3. The van der Waals surface area contributed by atoms with E-state index in [1.165, 1.54) is 48.2 Å². The Bertz CT molecular complexity index is 727. The lowest BCUT2D eigenvalue weighted by molar-refractivity contribution is 0.173. The number of hydrogen-bond donors (Lipinski definition) is 0. The molecule has 25 heavy (non-hydrogen) atoms. The van der Waals surface area contributed by atoms with Crippen LogP contribution in [0.1, 0.15) is 35.1 Å². The lowest BCUT2D eigenvalue weighted by Crippen LogP contribution is -2.33. The van der Waals surface area contributed by atoms with Crippen LogP contribution in [-0.4, -0.2) is 24.8 Å². The largest absolute Gasteiger partial charge is 0.454 e. The summed E-state index contributed by atoms with van der Waals surface area (Å²) in [7, 11) is 0. The smallest absolute Gasteiger partial charge is 0.231 e. The van der Waals surface area contributed by atoms with Crippen molar-refractivity contribution in [2.45, 2.75) is 39.7 Å². The van der Waals surface area contributed by atoms with Gasteiger partial charge in [-0.15, -0.1) is 0 Å². The molecule has 0 spiro atoms. The van der Waals surface area contributed by atoms with Gasteiger partial charge in [0.2, 0.25) is 6.79 Å². The maximum absolute atomic E-state index is 5.50. The second-order valence-electron chi connectivity index (χ2n) is 7.61. The van der Waals surface area contributed by atoms with E-state index in [4.69, 9.17) is 9.47 Å². The highest BCUT2D eigenvalue weighted by Gasteiger charge is 2.21. The molecule has 0 saturated carbocycles. The van der Waals surface area contributed by atoms with Crippen LogP contribution in [0.5, 0.6) is 11.5 Å². The highest BCUT2D eigenvalue weighted by molar-refractivity contribution is 5.44. The van der Waals surface area contributed by atoms with E-state index >= 15 is 0 Å². The van der Waals surface area contributed by atoms with E-state index in [0.29, 0.717) is 6.79 Å². The van der Waals surface area contributed by atoms with Gasteiger partial charge in [-0.3, -0.25) is 4.90 Å². The Balaban J connectivity index is 1.31. The fraction of sp³-hybridized carbons (Fsp3) is 0.455. The van der Waals surface area contributed by atoms with E-state index in [1.54, 1.807) is 0 Å². The molecule has 1 fully saturated rings. The topological polar surface area (TPSA) is 21.7 Å². The average molecular weight is 337 g/mol. The van der Waals surface area contributed by atoms with Crippen molar-refractivity contribution in [1.82, 2.24) is 4.90 Å². The fourth-order valence-electron chi connectivity index (χ4n) is 4.17. The minimum absolute atomic E-state index is 0.357. The number of fused-ring (bicyclic) bond motifs is 1. The summed E-state index contributed by atoms with van der Waals surface area (Å²) in [5, 5.41) is 0. The Hall–Kier alpha value is -2.00. The molecular formula is C22H27NO2. The van der Waals surface area contributed by atoms with Gasteiger partial charge in [0.05, 0.1) is 0 Å². The molecule has 0 unspecified atom stereocenters. The second kappa shape index (κ2) is 7.09. The molecule has 2 heterocycles. The molecule has 1 saturated heterocycles. The van der Waals surface area contributed by atoms with E-state index in [0.717, 1.165) is 30.4 Å². The first kappa shape index (κ1) is 16.5. The van der Waals surface area contributed by atoms with E-state index in [2.05, 4.69) is 49.1 Å². The molecule has 0 amide bonds. The number of likely N-dealkylation sites (tertiary alicyclic amines) is 1. The molecule has 0 bridgehead atoms. The van der Waals surface area contributed by atoms with Crippen molar-refractivity contribution in [2.24, 2.45) is 5.92 Å². The molecule has 2 aliphatic heterocycles. The summed E-state index contributed by atoms with van der Waals surface area (Å²) in [5.41, 5.74) is 5.56. The maximum atomic E-state index is 5.50. The molecule has 0 aromatic heterocycles. The van der Waals surface area contributed by atoms with Crippen molar-refractivity contribution >= 4 is 0 Å². The SMILES string of the molecule is Cc1cc(C)cc(CN2CCC(Cc3ccc4c(c3)OCO4)CC2)c1. The third kappa shape index (κ3) is 3.98. The van der Waals surface area contributed by atoms with Gasteiger partial charge in [-0.1, -0.05) is 35.4 Å². The zero-order valence-electron chi connectivity index (χ0n) is 15.3. The fourth-order valence-corrected chi connectivity index (χ4v) is 4.17. The summed E-state index contributed by atoms with van der Waals surface area (Å²) < 4.78 is 10.9. The molecule has 2 aliphatic rings. The van der Waals surface area contributed by atoms with Crippen molar-refractivity contribution in [3.63, 3.8) is 0 Å². The van der Waals surface area contributed by atoms with Crippen LogP contribution in [0.15, 0.2) is 36.4 Å². The van der Waals surface area contributed by atoms with Gasteiger partial charge in [0.25, 0.3) is 0 Å². The Morgan fingerprint density at radius 2 is 1.60 bits per heavy atom. The van der Waals surface area contributed by atoms with Gasteiger partial charge in [-0.05, 0) is 75.4 Å². The zero-order valence-corrected chi connectivity index (χ0v) is 15.3. The summed E-state index contributed by atoms with van der Waals surface area (Å²) in [5.74, 6) is 2.56. The second-order valence-corrected chi connectivity index (χ2v) is 7.61. The lowest BCUT2D eigenvalue weighted by Gasteiger charge is -2.32. The first-order chi connectivity index (χ1) is 12.2. The van der Waals surface area contributed by atoms with Gasteiger partial charge in [0.15, 0.2) is 11.5 Å². The number of benzene rings is 2. The summed E-state index contributed by atoms with van der Waals surface area (Å²) >= 11 is 0. The van der Waals surface area contributed by atoms with E-state index in [1.807, 2.05) is 6.07 Å². The monoisotopic (exact) mass is 337 g/mol.